The Bertz CT molecular complexity index is 541. The number of nitrogens with zero attached hydrogens (tertiary/aromatic N) is 1. The van der Waals surface area contributed by atoms with Crippen LogP contribution < -0.4 is 5.32 Å². The van der Waals surface area contributed by atoms with Crippen LogP contribution in [0.2, 0.25) is 10.0 Å². The van der Waals surface area contributed by atoms with Crippen molar-refractivity contribution in [1.82, 2.24) is 10.5 Å². The quantitative estimate of drug-likeness (QED) is 0.906. The van der Waals surface area contributed by atoms with Crippen LogP contribution in [-0.2, 0) is 6.54 Å². The maximum Gasteiger partial charge on any atom is 0.138 e. The second-order valence-electron chi connectivity index (χ2n) is 4.54. The molecule has 2 aromatic rings. The minimum absolute atomic E-state index is 0.124. The first-order chi connectivity index (χ1) is 9.00. The van der Waals surface area contributed by atoms with Gasteiger partial charge in [0, 0.05) is 33.8 Å². The molecule has 0 aliphatic heterocycles. The zero-order valence-electron chi connectivity index (χ0n) is 11.1. The van der Waals surface area contributed by atoms with Crippen LogP contribution in [0.5, 0.6) is 0 Å². The second-order valence-corrected chi connectivity index (χ2v) is 5.36. The lowest BCUT2D eigenvalue weighted by Gasteiger charge is -2.15. The minimum Gasteiger partial charge on any atom is -0.361 e. The molecule has 1 atom stereocenters. The summed E-state index contributed by atoms with van der Waals surface area (Å²) in [6.45, 7) is 6.52. The van der Waals surface area contributed by atoms with E-state index < -0.39 is 0 Å². The number of nitrogens with one attached hydrogen (secondary N) is 1. The predicted octanol–water partition coefficient (Wildman–Crippen LogP) is 4.45. The molecule has 1 aromatic carbocycles. The Morgan fingerprint density at radius 1 is 1.26 bits per heavy atom. The molecule has 102 valence electrons. The molecule has 1 N–H and O–H groups in total. The van der Waals surface area contributed by atoms with Gasteiger partial charge in [-0.3, -0.25) is 0 Å². The van der Waals surface area contributed by atoms with Crippen molar-refractivity contribution in [3.63, 3.8) is 0 Å². The molecule has 0 aliphatic rings. The minimum atomic E-state index is 0.124. The fourth-order valence-corrected chi connectivity index (χ4v) is 2.70. The monoisotopic (exact) mass is 298 g/mol. The van der Waals surface area contributed by atoms with Gasteiger partial charge in [0.25, 0.3) is 0 Å². The molecule has 1 unspecified atom stereocenters. The van der Waals surface area contributed by atoms with Crippen molar-refractivity contribution in [1.29, 1.82) is 0 Å². The van der Waals surface area contributed by atoms with E-state index in [-0.39, 0.29) is 6.04 Å². The second kappa shape index (κ2) is 5.95. The normalized spacial score (nSPS) is 12.7. The maximum atomic E-state index is 6.15. The Morgan fingerprint density at radius 2 is 1.89 bits per heavy atom. The van der Waals surface area contributed by atoms with Crippen molar-refractivity contribution in [2.45, 2.75) is 33.4 Å². The summed E-state index contributed by atoms with van der Waals surface area (Å²) in [7, 11) is 0. The van der Waals surface area contributed by atoms with Gasteiger partial charge in [0.15, 0.2) is 0 Å². The summed E-state index contributed by atoms with van der Waals surface area (Å²) in [4.78, 5) is 0. The largest absolute Gasteiger partial charge is 0.361 e. The summed E-state index contributed by atoms with van der Waals surface area (Å²) in [5, 5.41) is 8.70. The number of benzene rings is 1. The highest BCUT2D eigenvalue weighted by atomic mass is 35.5. The van der Waals surface area contributed by atoms with E-state index in [1.807, 2.05) is 32.0 Å². The Kier molecular flexibility index (Phi) is 4.50. The number of rotatable bonds is 4. The van der Waals surface area contributed by atoms with E-state index in [4.69, 9.17) is 27.7 Å². The van der Waals surface area contributed by atoms with E-state index in [0.717, 1.165) is 22.6 Å². The number of hydrogen-bond acceptors (Lipinski definition) is 3. The van der Waals surface area contributed by atoms with Crippen molar-refractivity contribution >= 4 is 23.2 Å². The lowest BCUT2D eigenvalue weighted by Crippen LogP contribution is -2.19. The predicted molar refractivity (Wildman–Crippen MR) is 77.7 cm³/mol. The van der Waals surface area contributed by atoms with Gasteiger partial charge >= 0.3 is 0 Å². The van der Waals surface area contributed by atoms with Gasteiger partial charge in [-0.15, -0.1) is 0 Å². The molecule has 3 nitrogen and oxygen atoms in total. The first-order valence-electron chi connectivity index (χ1n) is 6.09. The van der Waals surface area contributed by atoms with E-state index in [1.165, 1.54) is 0 Å². The average molecular weight is 299 g/mol. The molecule has 1 aromatic heterocycles. The first kappa shape index (κ1) is 14.4. The summed E-state index contributed by atoms with van der Waals surface area (Å²) in [6.07, 6.45) is 0. The van der Waals surface area contributed by atoms with E-state index in [1.54, 1.807) is 0 Å². The summed E-state index contributed by atoms with van der Waals surface area (Å²) >= 11 is 12.3. The molecular formula is C14H16Cl2N2O. The summed E-state index contributed by atoms with van der Waals surface area (Å²) < 4.78 is 5.17. The highest BCUT2D eigenvalue weighted by Gasteiger charge is 2.16. The molecule has 19 heavy (non-hydrogen) atoms. The van der Waals surface area contributed by atoms with Crippen LogP contribution >= 0.6 is 23.2 Å². The number of halogens is 2. The van der Waals surface area contributed by atoms with E-state index >= 15 is 0 Å². The number of hydrogen-bond donors (Lipinski definition) is 1. The van der Waals surface area contributed by atoms with Gasteiger partial charge in [0.2, 0.25) is 0 Å². The molecule has 0 saturated heterocycles. The van der Waals surface area contributed by atoms with E-state index in [2.05, 4.69) is 17.4 Å². The summed E-state index contributed by atoms with van der Waals surface area (Å²) in [5.74, 6) is 0.836. The smallest absolute Gasteiger partial charge is 0.138 e. The van der Waals surface area contributed by atoms with Gasteiger partial charge in [-0.05, 0) is 32.9 Å². The Labute approximate surface area is 122 Å². The van der Waals surface area contributed by atoms with Crippen molar-refractivity contribution < 1.29 is 4.52 Å². The zero-order valence-corrected chi connectivity index (χ0v) is 12.6. The molecular weight excluding hydrogens is 283 g/mol. The SMILES string of the molecule is Cc1noc(C)c1C(C)NCc1c(Cl)cccc1Cl. The number of aromatic nitrogens is 1. The third-order valence-electron chi connectivity index (χ3n) is 3.17. The van der Waals surface area contributed by atoms with Crippen molar-refractivity contribution in [2.24, 2.45) is 0 Å². The summed E-state index contributed by atoms with van der Waals surface area (Å²) in [5.41, 5.74) is 2.90. The lowest BCUT2D eigenvalue weighted by atomic mass is 10.1. The van der Waals surface area contributed by atoms with Crippen LogP contribution in [0.25, 0.3) is 0 Å². The highest BCUT2D eigenvalue weighted by molar-refractivity contribution is 6.35. The van der Waals surface area contributed by atoms with Gasteiger partial charge in [-0.2, -0.15) is 0 Å². The first-order valence-corrected chi connectivity index (χ1v) is 6.85. The standard InChI is InChI=1S/C14H16Cl2N2O/c1-8(14-9(2)18-19-10(14)3)17-7-11-12(15)5-4-6-13(11)16/h4-6,8,17H,7H2,1-3H3. The van der Waals surface area contributed by atoms with Crippen LogP contribution in [0.1, 0.15) is 35.5 Å². The third kappa shape index (κ3) is 3.11. The molecule has 0 bridgehead atoms. The van der Waals surface area contributed by atoms with E-state index in [9.17, 15) is 0 Å². The lowest BCUT2D eigenvalue weighted by molar-refractivity contribution is 0.390. The van der Waals surface area contributed by atoms with E-state index in [0.29, 0.717) is 16.6 Å². The van der Waals surface area contributed by atoms with Crippen LogP contribution in [-0.4, -0.2) is 5.16 Å². The Hall–Kier alpha value is -1.03. The molecule has 1 heterocycles. The molecule has 0 radical (unpaired) electrons. The number of aryl methyl sites for hydroxylation is 2. The van der Waals surface area contributed by atoms with Gasteiger partial charge < -0.3 is 9.84 Å². The highest BCUT2D eigenvalue weighted by Crippen LogP contribution is 2.26. The molecule has 5 heteroatoms. The summed E-state index contributed by atoms with van der Waals surface area (Å²) in [6, 6.07) is 5.64. The van der Waals surface area contributed by atoms with Gasteiger partial charge in [-0.1, -0.05) is 34.4 Å². The Balaban J connectivity index is 2.11. The molecule has 2 rings (SSSR count). The van der Waals surface area contributed by atoms with Gasteiger partial charge in [0.1, 0.15) is 5.76 Å². The fourth-order valence-electron chi connectivity index (χ4n) is 2.17. The zero-order chi connectivity index (χ0) is 14.0. The third-order valence-corrected chi connectivity index (χ3v) is 3.88. The van der Waals surface area contributed by atoms with Crippen LogP contribution in [0.3, 0.4) is 0 Å². The van der Waals surface area contributed by atoms with Gasteiger partial charge in [0.05, 0.1) is 5.69 Å². The van der Waals surface area contributed by atoms with Crippen LogP contribution in [0, 0.1) is 13.8 Å². The van der Waals surface area contributed by atoms with Crippen LogP contribution in [0.15, 0.2) is 22.7 Å². The molecule has 0 aliphatic carbocycles. The van der Waals surface area contributed by atoms with Crippen molar-refractivity contribution in [2.75, 3.05) is 0 Å². The Morgan fingerprint density at radius 3 is 2.42 bits per heavy atom. The van der Waals surface area contributed by atoms with Crippen molar-refractivity contribution in [3.8, 4) is 0 Å². The van der Waals surface area contributed by atoms with Crippen molar-refractivity contribution in [3.05, 3.63) is 50.8 Å². The van der Waals surface area contributed by atoms with Crippen LogP contribution in [0.4, 0.5) is 0 Å². The van der Waals surface area contributed by atoms with Gasteiger partial charge in [-0.25, -0.2) is 0 Å². The average Bonchev–Trinajstić information content (AvgIpc) is 2.68. The topological polar surface area (TPSA) is 38.1 Å². The molecule has 0 spiro atoms. The molecule has 0 fully saturated rings. The maximum absolute atomic E-state index is 6.15. The fraction of sp³-hybridized carbons (Fsp3) is 0.357. The molecule has 0 saturated carbocycles. The molecule has 0 amide bonds.